The number of fused-ring (bicyclic) bond motifs is 1. The molecular weight excluding hydrogens is 390 g/mol. The summed E-state index contributed by atoms with van der Waals surface area (Å²) in [5.74, 6) is -0.705. The van der Waals surface area contributed by atoms with E-state index < -0.39 is 10.7 Å². The molecule has 152 valence electrons. The molecule has 0 aliphatic heterocycles. The quantitative estimate of drug-likeness (QED) is 0.254. The van der Waals surface area contributed by atoms with Crippen LogP contribution in [0.25, 0.3) is 11.6 Å². The highest BCUT2D eigenvalue weighted by Crippen LogP contribution is 2.37. The topological polar surface area (TPSA) is 77.3 Å². The lowest BCUT2D eigenvalue weighted by Gasteiger charge is -2.21. The van der Waals surface area contributed by atoms with Crippen molar-refractivity contribution in [3.8, 4) is 0 Å². The summed E-state index contributed by atoms with van der Waals surface area (Å²) in [6.45, 7) is 1.94. The molecule has 0 radical (unpaired) electrons. The molecule has 0 atom stereocenters. The van der Waals surface area contributed by atoms with Crippen LogP contribution in [-0.2, 0) is 16.0 Å². The second kappa shape index (κ2) is 8.32. The summed E-state index contributed by atoms with van der Waals surface area (Å²) in [6.07, 6.45) is 3.13. The largest absolute Gasteiger partial charge is 0.294 e. The van der Waals surface area contributed by atoms with Gasteiger partial charge in [-0.05, 0) is 40.8 Å². The minimum atomic E-state index is -0.473. The number of benzene rings is 3. The number of Topliss-reactive ketones (excluding diaryl/α,β-unsaturated/α-hetero) is 1. The van der Waals surface area contributed by atoms with E-state index in [1.807, 2.05) is 49.4 Å². The van der Waals surface area contributed by atoms with E-state index in [1.165, 1.54) is 18.2 Å². The zero-order valence-electron chi connectivity index (χ0n) is 16.9. The number of hydrogen-bond donors (Lipinski definition) is 0. The maximum absolute atomic E-state index is 13.2. The van der Waals surface area contributed by atoms with Crippen molar-refractivity contribution in [1.82, 2.24) is 0 Å². The lowest BCUT2D eigenvalue weighted by Crippen LogP contribution is -2.21. The van der Waals surface area contributed by atoms with Gasteiger partial charge in [0.25, 0.3) is 5.69 Å². The first kappa shape index (κ1) is 20.2. The molecule has 0 amide bonds. The molecule has 1 aliphatic carbocycles. The SMILES string of the molecule is Cc1ccccc1C=CC(=O)C1=C(c2ccccc2)c2cc([N+](=O)[O-])ccc2CC1=O. The monoisotopic (exact) mass is 409 g/mol. The van der Waals surface area contributed by atoms with Gasteiger partial charge in [0.05, 0.1) is 10.5 Å². The predicted molar refractivity (Wildman–Crippen MR) is 119 cm³/mol. The Hall–Kier alpha value is -4.12. The number of nitro groups is 1. The van der Waals surface area contributed by atoms with Crippen LogP contribution in [0.15, 0.2) is 84.4 Å². The molecule has 0 aromatic heterocycles. The molecule has 0 N–H and O–H groups in total. The zero-order valence-corrected chi connectivity index (χ0v) is 16.9. The van der Waals surface area contributed by atoms with Crippen molar-refractivity contribution >= 4 is 28.9 Å². The molecule has 1 aliphatic rings. The second-order valence-corrected chi connectivity index (χ2v) is 7.37. The molecule has 0 fully saturated rings. The second-order valence-electron chi connectivity index (χ2n) is 7.37. The van der Waals surface area contributed by atoms with Crippen LogP contribution in [0.1, 0.15) is 27.8 Å². The van der Waals surface area contributed by atoms with Gasteiger partial charge in [-0.15, -0.1) is 0 Å². The van der Waals surface area contributed by atoms with E-state index in [0.29, 0.717) is 22.3 Å². The summed E-state index contributed by atoms with van der Waals surface area (Å²) in [6, 6.07) is 21.1. The molecule has 5 heteroatoms. The standard InChI is InChI=1S/C26H19NO4/c1-17-7-5-6-8-18(17)12-14-23(28)26-24(29)15-20-11-13-21(27(30)31)16-22(20)25(26)19-9-3-2-4-10-19/h2-14,16H,15H2,1H3. The number of nitro benzene ring substituents is 1. The Labute approximate surface area is 179 Å². The van der Waals surface area contributed by atoms with Crippen molar-refractivity contribution < 1.29 is 14.5 Å². The third kappa shape index (κ3) is 3.98. The number of ketones is 2. The van der Waals surface area contributed by atoms with Gasteiger partial charge in [0.15, 0.2) is 11.6 Å². The Morgan fingerprint density at radius 1 is 1.00 bits per heavy atom. The maximum Gasteiger partial charge on any atom is 0.270 e. The Kier molecular flexibility index (Phi) is 5.41. The van der Waals surface area contributed by atoms with Crippen LogP contribution in [0.2, 0.25) is 0 Å². The molecule has 5 nitrogen and oxygen atoms in total. The molecule has 3 aromatic carbocycles. The Morgan fingerprint density at radius 3 is 2.42 bits per heavy atom. The van der Waals surface area contributed by atoms with Crippen molar-refractivity contribution in [3.05, 3.63) is 122 Å². The fourth-order valence-corrected chi connectivity index (χ4v) is 3.79. The molecule has 0 saturated heterocycles. The number of hydrogen-bond acceptors (Lipinski definition) is 4. The average Bonchev–Trinajstić information content (AvgIpc) is 2.77. The van der Waals surface area contributed by atoms with Crippen molar-refractivity contribution in [3.63, 3.8) is 0 Å². The molecule has 0 heterocycles. The normalized spacial score (nSPS) is 13.4. The van der Waals surface area contributed by atoms with Gasteiger partial charge in [0, 0.05) is 24.1 Å². The summed E-state index contributed by atoms with van der Waals surface area (Å²) >= 11 is 0. The summed E-state index contributed by atoms with van der Waals surface area (Å²) in [5, 5.41) is 11.3. The molecule has 4 rings (SSSR count). The lowest BCUT2D eigenvalue weighted by molar-refractivity contribution is -0.384. The molecule has 31 heavy (non-hydrogen) atoms. The molecule has 0 spiro atoms. The molecule has 3 aromatic rings. The van der Waals surface area contributed by atoms with Gasteiger partial charge in [-0.3, -0.25) is 19.7 Å². The number of rotatable bonds is 5. The third-order valence-corrected chi connectivity index (χ3v) is 5.37. The van der Waals surface area contributed by atoms with E-state index in [4.69, 9.17) is 0 Å². The lowest BCUT2D eigenvalue weighted by atomic mass is 9.79. The summed E-state index contributed by atoms with van der Waals surface area (Å²) in [5.41, 5.74) is 4.21. The highest BCUT2D eigenvalue weighted by Gasteiger charge is 2.31. The van der Waals surface area contributed by atoms with E-state index in [9.17, 15) is 19.7 Å². The minimum absolute atomic E-state index is 0.0307. The molecule has 0 unspecified atom stereocenters. The van der Waals surface area contributed by atoms with Crippen LogP contribution in [0, 0.1) is 17.0 Å². The van der Waals surface area contributed by atoms with Crippen molar-refractivity contribution in [1.29, 1.82) is 0 Å². The first-order valence-electron chi connectivity index (χ1n) is 9.84. The summed E-state index contributed by atoms with van der Waals surface area (Å²) in [7, 11) is 0. The van der Waals surface area contributed by atoms with Crippen LogP contribution < -0.4 is 0 Å². The highest BCUT2D eigenvalue weighted by atomic mass is 16.6. The maximum atomic E-state index is 13.2. The fourth-order valence-electron chi connectivity index (χ4n) is 3.79. The number of aryl methyl sites for hydroxylation is 1. The van der Waals surface area contributed by atoms with Gasteiger partial charge < -0.3 is 0 Å². The number of allylic oxidation sites excluding steroid dienone is 2. The predicted octanol–water partition coefficient (Wildman–Crippen LogP) is 5.11. The Morgan fingerprint density at radius 2 is 1.71 bits per heavy atom. The van der Waals surface area contributed by atoms with Crippen molar-refractivity contribution in [2.24, 2.45) is 0 Å². The Balaban J connectivity index is 1.90. The van der Waals surface area contributed by atoms with Crippen LogP contribution >= 0.6 is 0 Å². The van der Waals surface area contributed by atoms with Gasteiger partial charge >= 0.3 is 0 Å². The van der Waals surface area contributed by atoms with E-state index in [-0.39, 0.29) is 23.5 Å². The van der Waals surface area contributed by atoms with Crippen molar-refractivity contribution in [2.75, 3.05) is 0 Å². The molecule has 0 bridgehead atoms. The van der Waals surface area contributed by atoms with Gasteiger partial charge in [-0.2, -0.15) is 0 Å². The minimum Gasteiger partial charge on any atom is -0.294 e. The van der Waals surface area contributed by atoms with Gasteiger partial charge in [-0.25, -0.2) is 0 Å². The zero-order chi connectivity index (χ0) is 22.0. The van der Waals surface area contributed by atoms with E-state index in [2.05, 4.69) is 0 Å². The average molecular weight is 409 g/mol. The fraction of sp³-hybridized carbons (Fsp3) is 0.0769. The number of carbonyl (C=O) groups excluding carboxylic acids is 2. The summed E-state index contributed by atoms with van der Waals surface area (Å²) in [4.78, 5) is 37.1. The molecular formula is C26H19NO4. The first-order valence-corrected chi connectivity index (χ1v) is 9.84. The number of carbonyl (C=O) groups is 2. The first-order chi connectivity index (χ1) is 15.0. The summed E-state index contributed by atoms with van der Waals surface area (Å²) < 4.78 is 0. The number of non-ortho nitro benzene ring substituents is 1. The van der Waals surface area contributed by atoms with Gasteiger partial charge in [-0.1, -0.05) is 66.7 Å². The van der Waals surface area contributed by atoms with Crippen molar-refractivity contribution in [2.45, 2.75) is 13.3 Å². The Bertz CT molecular complexity index is 1270. The van der Waals surface area contributed by atoms with E-state index >= 15 is 0 Å². The highest BCUT2D eigenvalue weighted by molar-refractivity contribution is 6.32. The van der Waals surface area contributed by atoms with Crippen LogP contribution in [0.3, 0.4) is 0 Å². The van der Waals surface area contributed by atoms with E-state index in [1.54, 1.807) is 24.3 Å². The smallest absolute Gasteiger partial charge is 0.270 e. The van der Waals surface area contributed by atoms with E-state index in [0.717, 1.165) is 11.1 Å². The number of nitrogens with zero attached hydrogens (tertiary/aromatic N) is 1. The van der Waals surface area contributed by atoms with Crippen LogP contribution in [-0.4, -0.2) is 16.5 Å². The molecule has 0 saturated carbocycles. The van der Waals surface area contributed by atoms with Gasteiger partial charge in [0.2, 0.25) is 0 Å². The van der Waals surface area contributed by atoms with Crippen LogP contribution in [0.4, 0.5) is 5.69 Å². The third-order valence-electron chi connectivity index (χ3n) is 5.37. The van der Waals surface area contributed by atoms with Crippen LogP contribution in [0.5, 0.6) is 0 Å². The van der Waals surface area contributed by atoms with Gasteiger partial charge in [0.1, 0.15) is 0 Å².